The van der Waals surface area contributed by atoms with E-state index < -0.39 is 22.9 Å². The first kappa shape index (κ1) is 28.6. The molecule has 13 heteroatoms. The van der Waals surface area contributed by atoms with Gasteiger partial charge in [0.2, 0.25) is 0 Å². The Labute approximate surface area is 187 Å². The SMILES string of the molecule is CN(C)P(=N[PH](N)(N=P(N(C)C)(N(C)C)N(C)C)N1CCCCC1)(N(C)C)N(C)C. The van der Waals surface area contributed by atoms with Crippen LogP contribution in [0.1, 0.15) is 19.3 Å². The third-order valence-corrected chi connectivity index (χ3v) is 17.9. The van der Waals surface area contributed by atoms with Crippen molar-refractivity contribution in [2.75, 3.05) is 97.7 Å². The second-order valence-electron chi connectivity index (χ2n) is 9.09. The molecule has 1 heterocycles. The summed E-state index contributed by atoms with van der Waals surface area (Å²) in [6.07, 6.45) is 3.57. The van der Waals surface area contributed by atoms with Crippen LogP contribution >= 0.6 is 22.9 Å². The Morgan fingerprint density at radius 2 is 0.833 bits per heavy atom. The maximum atomic E-state index is 7.40. The van der Waals surface area contributed by atoms with Crippen molar-refractivity contribution in [3.05, 3.63) is 0 Å². The molecule has 0 atom stereocenters. The predicted octanol–water partition coefficient (Wildman–Crippen LogP) is 3.10. The summed E-state index contributed by atoms with van der Waals surface area (Å²) < 4.78 is 27.1. The molecule has 1 saturated heterocycles. The molecule has 1 rings (SSSR count). The van der Waals surface area contributed by atoms with Crippen molar-refractivity contribution in [3.8, 4) is 0 Å². The zero-order chi connectivity index (χ0) is 23.5. The van der Waals surface area contributed by atoms with Gasteiger partial charge in [-0.2, -0.15) is 0 Å². The first-order chi connectivity index (χ1) is 13.7. The summed E-state index contributed by atoms with van der Waals surface area (Å²) in [5.74, 6) is 0. The molecular formula is C17H49N10P3. The van der Waals surface area contributed by atoms with E-state index in [1.807, 2.05) is 0 Å². The number of piperidine rings is 1. The monoisotopic (exact) mass is 486 g/mol. The number of hydrogen-bond donors (Lipinski definition) is 1. The van der Waals surface area contributed by atoms with Crippen molar-refractivity contribution in [1.82, 2.24) is 32.7 Å². The quantitative estimate of drug-likeness (QED) is 0.499. The second-order valence-corrected chi connectivity index (χ2v) is 19.6. The van der Waals surface area contributed by atoms with Gasteiger partial charge in [0.25, 0.3) is 0 Å². The van der Waals surface area contributed by atoms with Crippen LogP contribution in [0, 0.1) is 0 Å². The molecule has 1 fully saturated rings. The molecular weight excluding hydrogens is 437 g/mol. The van der Waals surface area contributed by atoms with E-state index in [0.717, 1.165) is 25.9 Å². The normalized spacial score (nSPS) is 18.4. The van der Waals surface area contributed by atoms with E-state index in [0.29, 0.717) is 0 Å². The molecule has 0 radical (unpaired) electrons. The van der Waals surface area contributed by atoms with E-state index in [1.54, 1.807) is 0 Å². The summed E-state index contributed by atoms with van der Waals surface area (Å²) >= 11 is 0. The minimum absolute atomic E-state index is 0.971. The third kappa shape index (κ3) is 5.55. The van der Waals surface area contributed by atoms with E-state index in [1.165, 1.54) is 6.42 Å². The summed E-state index contributed by atoms with van der Waals surface area (Å²) in [5.41, 5.74) is 7.40. The summed E-state index contributed by atoms with van der Waals surface area (Å²) in [7, 11) is 17.8. The first-order valence-corrected chi connectivity index (χ1v) is 15.7. The van der Waals surface area contributed by atoms with Gasteiger partial charge in [-0.3, -0.25) is 0 Å². The van der Waals surface area contributed by atoms with Gasteiger partial charge in [-0.1, -0.05) is 0 Å². The molecule has 1 aliphatic rings. The van der Waals surface area contributed by atoms with Crippen LogP contribution in [0.5, 0.6) is 0 Å². The van der Waals surface area contributed by atoms with Crippen molar-refractivity contribution < 1.29 is 0 Å². The average molecular weight is 487 g/mol. The number of rotatable bonds is 9. The number of nitrogens with zero attached hydrogens (tertiary/aromatic N) is 9. The van der Waals surface area contributed by atoms with Crippen molar-refractivity contribution in [3.63, 3.8) is 0 Å². The molecule has 182 valence electrons. The van der Waals surface area contributed by atoms with Crippen LogP contribution in [0.4, 0.5) is 0 Å². The Hall–Kier alpha value is 0.570. The topological polar surface area (TPSA) is 73.4 Å². The van der Waals surface area contributed by atoms with Crippen LogP contribution < -0.4 is 5.50 Å². The Bertz CT molecular complexity index is 553. The van der Waals surface area contributed by atoms with Crippen molar-refractivity contribution in [1.29, 1.82) is 0 Å². The van der Waals surface area contributed by atoms with Crippen LogP contribution in [0.3, 0.4) is 0 Å². The molecule has 0 aromatic carbocycles. The minimum atomic E-state index is -3.06. The van der Waals surface area contributed by atoms with Gasteiger partial charge in [0, 0.05) is 0 Å². The van der Waals surface area contributed by atoms with E-state index in [-0.39, 0.29) is 0 Å². The summed E-state index contributed by atoms with van der Waals surface area (Å²) in [6, 6.07) is 0. The van der Waals surface area contributed by atoms with Crippen LogP contribution in [-0.4, -0.2) is 130 Å². The molecule has 0 aliphatic carbocycles. The van der Waals surface area contributed by atoms with Crippen molar-refractivity contribution in [2.45, 2.75) is 19.3 Å². The van der Waals surface area contributed by atoms with Crippen molar-refractivity contribution in [2.24, 2.45) is 14.5 Å². The first-order valence-electron chi connectivity index (χ1n) is 10.6. The molecule has 2 N–H and O–H groups in total. The summed E-state index contributed by atoms with van der Waals surface area (Å²) in [6.45, 7) is 1.94. The van der Waals surface area contributed by atoms with Crippen LogP contribution in [-0.2, 0) is 0 Å². The summed E-state index contributed by atoms with van der Waals surface area (Å²) in [4.78, 5) is 0. The molecule has 0 aromatic heterocycles. The van der Waals surface area contributed by atoms with Gasteiger partial charge in [0.1, 0.15) is 0 Å². The van der Waals surface area contributed by atoms with E-state index in [9.17, 15) is 0 Å². The Morgan fingerprint density at radius 3 is 1.07 bits per heavy atom. The zero-order valence-corrected chi connectivity index (χ0v) is 24.3. The van der Waals surface area contributed by atoms with Crippen LogP contribution in [0.25, 0.3) is 0 Å². The van der Waals surface area contributed by atoms with Gasteiger partial charge in [0.05, 0.1) is 0 Å². The molecule has 0 bridgehead atoms. The molecule has 1 aliphatic heterocycles. The predicted molar refractivity (Wildman–Crippen MR) is 139 cm³/mol. The average Bonchev–Trinajstić information content (AvgIpc) is 2.63. The fraction of sp³-hybridized carbons (Fsp3) is 1.00. The number of hydrogen-bond acceptors (Lipinski definition) is 4. The molecule has 0 spiro atoms. The molecule has 0 amide bonds. The van der Waals surface area contributed by atoms with E-state index in [4.69, 9.17) is 14.5 Å². The van der Waals surface area contributed by atoms with Gasteiger partial charge in [-0.15, -0.1) is 0 Å². The van der Waals surface area contributed by atoms with Gasteiger partial charge >= 0.3 is 187 Å². The fourth-order valence-corrected chi connectivity index (χ4v) is 18.7. The molecule has 0 unspecified atom stereocenters. The molecule has 30 heavy (non-hydrogen) atoms. The molecule has 0 aromatic rings. The maximum absolute atomic E-state index is 7.40. The van der Waals surface area contributed by atoms with Gasteiger partial charge in [-0.25, -0.2) is 0 Å². The van der Waals surface area contributed by atoms with E-state index >= 15 is 0 Å². The standard InChI is InChI=1S/C17H49N10P3/c1-21(2)29(22(3)4,23(5)6)19-28(18,27-16-14-13-15-17-27)20-30(24(7)8,25(9)10)26(11)12/h28H,13-18H2,1-12H3. The van der Waals surface area contributed by atoms with Crippen LogP contribution in [0.2, 0.25) is 0 Å². The van der Waals surface area contributed by atoms with Crippen LogP contribution in [0.15, 0.2) is 9.03 Å². The van der Waals surface area contributed by atoms with Gasteiger partial charge in [0.15, 0.2) is 0 Å². The Balaban J connectivity index is 4.03. The van der Waals surface area contributed by atoms with Gasteiger partial charge in [-0.05, 0) is 0 Å². The Morgan fingerprint density at radius 1 is 0.567 bits per heavy atom. The fourth-order valence-electron chi connectivity index (χ4n) is 4.45. The molecule has 0 saturated carbocycles. The zero-order valence-electron chi connectivity index (χ0n) is 21.5. The third-order valence-electron chi connectivity index (χ3n) is 5.60. The second kappa shape index (κ2) is 11.1. The Kier molecular flexibility index (Phi) is 10.6. The number of nitrogens with two attached hydrogens (primary N) is 1. The van der Waals surface area contributed by atoms with Crippen molar-refractivity contribution >= 4 is 22.9 Å². The molecule has 10 nitrogen and oxygen atoms in total. The summed E-state index contributed by atoms with van der Waals surface area (Å²) in [5, 5.41) is 0. The van der Waals surface area contributed by atoms with E-state index in [2.05, 4.69) is 117 Å². The van der Waals surface area contributed by atoms with Gasteiger partial charge < -0.3 is 0 Å².